The molecule has 0 amide bonds. The minimum absolute atomic E-state index is 0.0598. The first kappa shape index (κ1) is 12.7. The Morgan fingerprint density at radius 1 is 1.06 bits per heavy atom. The number of aromatic nitrogens is 1. The molecule has 0 bridgehead atoms. The highest BCUT2D eigenvalue weighted by Gasteiger charge is 2.11. The largest absolute Gasteiger partial charge is 0.280 e. The summed E-state index contributed by atoms with van der Waals surface area (Å²) < 4.78 is 48.2. The van der Waals surface area contributed by atoms with Gasteiger partial charge in [0, 0.05) is 6.20 Å². The Morgan fingerprint density at radius 3 is 2.12 bits per heavy atom. The fourth-order valence-electron chi connectivity index (χ4n) is 0.944. The third-order valence-electron chi connectivity index (χ3n) is 1.39. The fraction of sp³-hybridized carbons (Fsp3) is 0.286. The van der Waals surface area contributed by atoms with Gasteiger partial charge in [-0.3, -0.25) is 9.44 Å². The molecule has 16 heavy (non-hydrogen) atoms. The highest BCUT2D eigenvalue weighted by atomic mass is 32.2. The first-order valence-electron chi connectivity index (χ1n) is 4.08. The maximum absolute atomic E-state index is 11.0. The lowest BCUT2D eigenvalue weighted by molar-refractivity contribution is 0.604. The van der Waals surface area contributed by atoms with E-state index in [1.54, 1.807) is 0 Å². The van der Waals surface area contributed by atoms with Crippen molar-refractivity contribution in [1.29, 1.82) is 0 Å². The second-order valence-electron chi connectivity index (χ2n) is 3.15. The lowest BCUT2D eigenvalue weighted by Gasteiger charge is -2.09. The summed E-state index contributed by atoms with van der Waals surface area (Å²) >= 11 is 0. The van der Waals surface area contributed by atoms with Gasteiger partial charge in [-0.05, 0) is 12.1 Å². The molecule has 0 spiro atoms. The van der Waals surface area contributed by atoms with Crippen LogP contribution in [0.5, 0.6) is 0 Å². The lowest BCUT2D eigenvalue weighted by Crippen LogP contribution is -2.16. The molecule has 1 rings (SSSR count). The van der Waals surface area contributed by atoms with Gasteiger partial charge in [-0.15, -0.1) is 0 Å². The first-order valence-corrected chi connectivity index (χ1v) is 7.86. The molecule has 0 aliphatic rings. The predicted molar refractivity (Wildman–Crippen MR) is 61.2 cm³/mol. The maximum Gasteiger partial charge on any atom is 0.231 e. The predicted octanol–water partition coefficient (Wildman–Crippen LogP) is -0.175. The summed E-state index contributed by atoms with van der Waals surface area (Å²) in [5.74, 6) is -0.0598. The summed E-state index contributed by atoms with van der Waals surface area (Å²) in [4.78, 5) is 3.73. The Hall–Kier alpha value is -1.35. The van der Waals surface area contributed by atoms with Crippen LogP contribution in [0.2, 0.25) is 0 Å². The van der Waals surface area contributed by atoms with Crippen molar-refractivity contribution in [2.45, 2.75) is 0 Å². The minimum atomic E-state index is -3.50. The molecule has 1 aromatic rings. The van der Waals surface area contributed by atoms with Crippen LogP contribution in [0.4, 0.5) is 11.5 Å². The molecule has 2 N–H and O–H groups in total. The van der Waals surface area contributed by atoms with Crippen molar-refractivity contribution in [3.63, 3.8) is 0 Å². The van der Waals surface area contributed by atoms with Crippen LogP contribution in [0.25, 0.3) is 0 Å². The van der Waals surface area contributed by atoms with Gasteiger partial charge < -0.3 is 0 Å². The van der Waals surface area contributed by atoms with Crippen LogP contribution in [0, 0.1) is 0 Å². The third kappa shape index (κ3) is 4.45. The smallest absolute Gasteiger partial charge is 0.231 e. The summed E-state index contributed by atoms with van der Waals surface area (Å²) in [5.41, 5.74) is 0.0791. The van der Waals surface area contributed by atoms with E-state index in [1.165, 1.54) is 18.3 Å². The standard InChI is InChI=1S/C7H11N3O4S2/c1-15(11,12)9-6-4-3-5-8-7(6)10-16(2,13)14/h3-5,9H,1-2H3,(H,8,10). The molecule has 9 heteroatoms. The van der Waals surface area contributed by atoms with Gasteiger partial charge in [0.05, 0.1) is 18.2 Å². The number of hydrogen-bond donors (Lipinski definition) is 2. The van der Waals surface area contributed by atoms with Crippen molar-refractivity contribution in [1.82, 2.24) is 4.98 Å². The highest BCUT2D eigenvalue weighted by Crippen LogP contribution is 2.19. The zero-order valence-electron chi connectivity index (χ0n) is 8.63. The number of nitrogens with zero attached hydrogens (tertiary/aromatic N) is 1. The number of sulfonamides is 2. The molecule has 0 fully saturated rings. The van der Waals surface area contributed by atoms with Crippen molar-refractivity contribution in [2.24, 2.45) is 0 Å². The molecule has 0 radical (unpaired) electrons. The van der Waals surface area contributed by atoms with Gasteiger partial charge in [0.25, 0.3) is 0 Å². The molecule has 0 atom stereocenters. The van der Waals surface area contributed by atoms with Gasteiger partial charge in [-0.1, -0.05) is 0 Å². The Labute approximate surface area is 94.0 Å². The summed E-state index contributed by atoms with van der Waals surface area (Å²) in [6, 6.07) is 2.89. The monoisotopic (exact) mass is 265 g/mol. The number of rotatable bonds is 4. The van der Waals surface area contributed by atoms with E-state index in [1.807, 2.05) is 0 Å². The normalized spacial score (nSPS) is 12.1. The molecule has 1 heterocycles. The minimum Gasteiger partial charge on any atom is -0.280 e. The summed E-state index contributed by atoms with van der Waals surface area (Å²) in [5, 5.41) is 0. The highest BCUT2D eigenvalue weighted by molar-refractivity contribution is 7.92. The van der Waals surface area contributed by atoms with Gasteiger partial charge in [-0.25, -0.2) is 21.8 Å². The second kappa shape index (κ2) is 4.26. The molecule has 0 saturated heterocycles. The van der Waals surface area contributed by atoms with Crippen LogP contribution in [-0.4, -0.2) is 34.3 Å². The van der Waals surface area contributed by atoms with Gasteiger partial charge in [0.15, 0.2) is 5.82 Å². The molecule has 0 unspecified atom stereocenters. The molecular weight excluding hydrogens is 254 g/mol. The maximum atomic E-state index is 11.0. The Balaban J connectivity index is 3.11. The number of nitrogens with one attached hydrogen (secondary N) is 2. The van der Waals surface area contributed by atoms with Crippen LogP contribution in [0.15, 0.2) is 18.3 Å². The molecule has 0 saturated carbocycles. The van der Waals surface area contributed by atoms with Crippen LogP contribution >= 0.6 is 0 Å². The molecule has 1 aromatic heterocycles. The molecule has 0 aliphatic carbocycles. The van der Waals surface area contributed by atoms with E-state index >= 15 is 0 Å². The SMILES string of the molecule is CS(=O)(=O)Nc1cccnc1NS(C)(=O)=O. The third-order valence-corrected chi connectivity index (χ3v) is 2.54. The van der Waals surface area contributed by atoms with E-state index in [4.69, 9.17) is 0 Å². The van der Waals surface area contributed by atoms with Crippen molar-refractivity contribution < 1.29 is 16.8 Å². The van der Waals surface area contributed by atoms with E-state index < -0.39 is 20.0 Å². The molecule has 90 valence electrons. The number of anilines is 2. The summed E-state index contributed by atoms with van der Waals surface area (Å²) in [6.45, 7) is 0. The zero-order chi connectivity index (χ0) is 12.4. The van der Waals surface area contributed by atoms with Crippen LogP contribution < -0.4 is 9.44 Å². The number of pyridine rings is 1. The summed E-state index contributed by atoms with van der Waals surface area (Å²) in [7, 11) is -6.98. The molecular formula is C7H11N3O4S2. The average Bonchev–Trinajstić information content (AvgIpc) is 2.03. The van der Waals surface area contributed by atoms with E-state index in [2.05, 4.69) is 14.4 Å². The van der Waals surface area contributed by atoms with Crippen molar-refractivity contribution in [3.05, 3.63) is 18.3 Å². The van der Waals surface area contributed by atoms with Gasteiger partial charge in [0.2, 0.25) is 20.0 Å². The van der Waals surface area contributed by atoms with E-state index in [9.17, 15) is 16.8 Å². The van der Waals surface area contributed by atoms with Gasteiger partial charge in [0.1, 0.15) is 0 Å². The number of hydrogen-bond acceptors (Lipinski definition) is 5. The molecule has 7 nitrogen and oxygen atoms in total. The van der Waals surface area contributed by atoms with E-state index in [0.29, 0.717) is 0 Å². The van der Waals surface area contributed by atoms with Crippen molar-refractivity contribution >= 4 is 31.6 Å². The van der Waals surface area contributed by atoms with Crippen molar-refractivity contribution in [3.8, 4) is 0 Å². The quantitative estimate of drug-likeness (QED) is 0.786. The molecule has 0 aliphatic heterocycles. The van der Waals surface area contributed by atoms with Gasteiger partial charge >= 0.3 is 0 Å². The summed E-state index contributed by atoms with van der Waals surface area (Å²) in [6.07, 6.45) is 3.26. The van der Waals surface area contributed by atoms with Crippen LogP contribution in [-0.2, 0) is 20.0 Å². The van der Waals surface area contributed by atoms with E-state index in [-0.39, 0.29) is 11.5 Å². The topological polar surface area (TPSA) is 105 Å². The fourth-order valence-corrected chi connectivity index (χ4v) is 2.02. The van der Waals surface area contributed by atoms with Crippen LogP contribution in [0.3, 0.4) is 0 Å². The second-order valence-corrected chi connectivity index (χ2v) is 6.64. The molecule has 0 aromatic carbocycles. The Kier molecular flexibility index (Phi) is 3.38. The first-order chi connectivity index (χ1) is 7.17. The average molecular weight is 265 g/mol. The zero-order valence-corrected chi connectivity index (χ0v) is 10.3. The van der Waals surface area contributed by atoms with Crippen molar-refractivity contribution in [2.75, 3.05) is 22.0 Å². The van der Waals surface area contributed by atoms with E-state index in [0.717, 1.165) is 12.5 Å². The van der Waals surface area contributed by atoms with Gasteiger partial charge in [-0.2, -0.15) is 0 Å². The van der Waals surface area contributed by atoms with Crippen LogP contribution in [0.1, 0.15) is 0 Å². The Morgan fingerprint density at radius 2 is 1.62 bits per heavy atom. The lowest BCUT2D eigenvalue weighted by atomic mass is 10.4. The Bertz CT molecular complexity index is 526.